The van der Waals surface area contributed by atoms with Crippen LogP contribution < -0.4 is 15.4 Å². The summed E-state index contributed by atoms with van der Waals surface area (Å²) in [4.78, 5) is 27.5. The predicted octanol–water partition coefficient (Wildman–Crippen LogP) is 2.62. The molecule has 0 aliphatic heterocycles. The standard InChI is InChI=1S/C22H29N3O4/c1-15-9-10-19(18(13-15)21(26)23-11-12-25(2)3)24-22(27)20(29-5)16-7-6-8-17(14-16)28-4/h6-10,13-14,20H,11-12H2,1-5H3,(H,23,26)(H,24,27). The number of amides is 2. The fourth-order valence-electron chi connectivity index (χ4n) is 2.84. The van der Waals surface area contributed by atoms with E-state index in [2.05, 4.69) is 10.6 Å². The molecular weight excluding hydrogens is 370 g/mol. The van der Waals surface area contributed by atoms with Crippen LogP contribution in [0.15, 0.2) is 42.5 Å². The highest BCUT2D eigenvalue weighted by Crippen LogP contribution is 2.25. The zero-order chi connectivity index (χ0) is 21.4. The summed E-state index contributed by atoms with van der Waals surface area (Å²) in [7, 11) is 6.91. The van der Waals surface area contributed by atoms with Crippen LogP contribution in [0.5, 0.6) is 5.75 Å². The van der Waals surface area contributed by atoms with E-state index in [0.29, 0.717) is 29.1 Å². The molecule has 2 N–H and O–H groups in total. The Hall–Kier alpha value is -2.90. The number of carbonyl (C=O) groups is 2. The molecule has 0 saturated carbocycles. The highest BCUT2D eigenvalue weighted by Gasteiger charge is 2.23. The molecule has 2 amide bonds. The first-order chi connectivity index (χ1) is 13.8. The lowest BCUT2D eigenvalue weighted by Gasteiger charge is -2.18. The van der Waals surface area contributed by atoms with Crippen molar-refractivity contribution in [2.45, 2.75) is 13.0 Å². The Labute approximate surface area is 172 Å². The summed E-state index contributed by atoms with van der Waals surface area (Å²) < 4.78 is 10.6. The molecule has 29 heavy (non-hydrogen) atoms. The van der Waals surface area contributed by atoms with Gasteiger partial charge in [0.15, 0.2) is 6.10 Å². The summed E-state index contributed by atoms with van der Waals surface area (Å²) >= 11 is 0. The zero-order valence-electron chi connectivity index (χ0n) is 17.6. The lowest BCUT2D eigenvalue weighted by atomic mass is 10.1. The summed E-state index contributed by atoms with van der Waals surface area (Å²) in [6, 6.07) is 12.5. The zero-order valence-corrected chi connectivity index (χ0v) is 17.6. The van der Waals surface area contributed by atoms with Crippen LogP contribution in [-0.4, -0.2) is 58.1 Å². The molecule has 2 rings (SSSR count). The van der Waals surface area contributed by atoms with Gasteiger partial charge in [-0.05, 0) is 50.8 Å². The first kappa shape index (κ1) is 22.4. The van der Waals surface area contributed by atoms with Gasteiger partial charge < -0.3 is 25.0 Å². The van der Waals surface area contributed by atoms with Gasteiger partial charge in [0.05, 0.1) is 18.4 Å². The van der Waals surface area contributed by atoms with Gasteiger partial charge in [-0.2, -0.15) is 0 Å². The minimum Gasteiger partial charge on any atom is -0.497 e. The van der Waals surface area contributed by atoms with E-state index in [1.165, 1.54) is 7.11 Å². The molecule has 0 heterocycles. The van der Waals surface area contributed by atoms with E-state index in [0.717, 1.165) is 12.1 Å². The molecular formula is C22H29N3O4. The highest BCUT2D eigenvalue weighted by molar-refractivity contribution is 6.05. The van der Waals surface area contributed by atoms with E-state index in [4.69, 9.17) is 9.47 Å². The van der Waals surface area contributed by atoms with E-state index < -0.39 is 6.10 Å². The van der Waals surface area contributed by atoms with Crippen LogP contribution in [0.4, 0.5) is 5.69 Å². The third kappa shape index (κ3) is 6.30. The minimum atomic E-state index is -0.837. The minimum absolute atomic E-state index is 0.235. The van der Waals surface area contributed by atoms with Crippen LogP contribution in [-0.2, 0) is 9.53 Å². The number of methoxy groups -OCH3 is 2. The van der Waals surface area contributed by atoms with Crippen LogP contribution in [0.1, 0.15) is 27.6 Å². The van der Waals surface area contributed by atoms with Crippen LogP contribution >= 0.6 is 0 Å². The van der Waals surface area contributed by atoms with Crippen LogP contribution in [0, 0.1) is 6.92 Å². The Kier molecular flexibility index (Phi) is 8.18. The number of hydrogen-bond donors (Lipinski definition) is 2. The van der Waals surface area contributed by atoms with Gasteiger partial charge in [0.1, 0.15) is 5.75 Å². The smallest absolute Gasteiger partial charge is 0.258 e. The number of benzene rings is 2. The maximum atomic E-state index is 12.9. The second-order valence-electron chi connectivity index (χ2n) is 6.99. The van der Waals surface area contributed by atoms with Gasteiger partial charge in [-0.3, -0.25) is 9.59 Å². The molecule has 0 saturated heterocycles. The fraction of sp³-hybridized carbons (Fsp3) is 0.364. The van der Waals surface area contributed by atoms with Gasteiger partial charge in [0, 0.05) is 20.2 Å². The molecule has 0 fully saturated rings. The third-order valence-corrected chi connectivity index (χ3v) is 4.39. The van der Waals surface area contributed by atoms with Gasteiger partial charge in [0.25, 0.3) is 11.8 Å². The molecule has 156 valence electrons. The van der Waals surface area contributed by atoms with Gasteiger partial charge in [-0.25, -0.2) is 0 Å². The average Bonchev–Trinajstić information content (AvgIpc) is 2.69. The monoisotopic (exact) mass is 399 g/mol. The lowest BCUT2D eigenvalue weighted by molar-refractivity contribution is -0.126. The van der Waals surface area contributed by atoms with Crippen LogP contribution in [0.2, 0.25) is 0 Å². The SMILES string of the molecule is COc1cccc(C(OC)C(=O)Nc2ccc(C)cc2C(=O)NCCN(C)C)c1. The maximum absolute atomic E-state index is 12.9. The molecule has 0 bridgehead atoms. The van der Waals surface area contributed by atoms with E-state index in [1.54, 1.807) is 43.5 Å². The number of ether oxygens (including phenoxy) is 2. The maximum Gasteiger partial charge on any atom is 0.258 e. The van der Waals surface area contributed by atoms with Gasteiger partial charge >= 0.3 is 0 Å². The van der Waals surface area contributed by atoms with Crippen molar-refractivity contribution in [2.24, 2.45) is 0 Å². The summed E-state index contributed by atoms with van der Waals surface area (Å²) in [5.74, 6) is 0.0294. The highest BCUT2D eigenvalue weighted by atomic mass is 16.5. The van der Waals surface area contributed by atoms with Crippen LogP contribution in [0.3, 0.4) is 0 Å². The van der Waals surface area contributed by atoms with E-state index in [1.807, 2.05) is 32.0 Å². The van der Waals surface area contributed by atoms with E-state index in [-0.39, 0.29) is 11.8 Å². The molecule has 2 aromatic rings. The number of hydrogen-bond acceptors (Lipinski definition) is 5. The average molecular weight is 399 g/mol. The topological polar surface area (TPSA) is 79.9 Å². The Morgan fingerprint density at radius 3 is 2.52 bits per heavy atom. The second-order valence-corrected chi connectivity index (χ2v) is 6.99. The molecule has 2 aromatic carbocycles. The Morgan fingerprint density at radius 1 is 1.10 bits per heavy atom. The molecule has 1 unspecified atom stereocenters. The molecule has 7 nitrogen and oxygen atoms in total. The number of aryl methyl sites for hydroxylation is 1. The predicted molar refractivity (Wildman–Crippen MR) is 113 cm³/mol. The number of likely N-dealkylation sites (N-methyl/N-ethyl adjacent to an activating group) is 1. The number of nitrogens with zero attached hydrogens (tertiary/aromatic N) is 1. The number of nitrogens with one attached hydrogen (secondary N) is 2. The molecule has 1 atom stereocenters. The van der Waals surface area contributed by atoms with E-state index in [9.17, 15) is 9.59 Å². The normalized spacial score (nSPS) is 11.8. The molecule has 0 aliphatic carbocycles. The summed E-state index contributed by atoms with van der Waals surface area (Å²) in [5, 5.41) is 5.71. The first-order valence-corrected chi connectivity index (χ1v) is 9.37. The van der Waals surface area contributed by atoms with Crippen molar-refractivity contribution < 1.29 is 19.1 Å². The second kappa shape index (κ2) is 10.6. The lowest BCUT2D eigenvalue weighted by Crippen LogP contribution is -2.32. The Balaban J connectivity index is 2.21. The van der Waals surface area contributed by atoms with Crippen molar-refractivity contribution in [1.29, 1.82) is 0 Å². The van der Waals surface area contributed by atoms with Crippen molar-refractivity contribution in [3.63, 3.8) is 0 Å². The van der Waals surface area contributed by atoms with E-state index >= 15 is 0 Å². The summed E-state index contributed by atoms with van der Waals surface area (Å²) in [6.45, 7) is 3.13. The van der Waals surface area contributed by atoms with Crippen molar-refractivity contribution in [3.8, 4) is 5.75 Å². The van der Waals surface area contributed by atoms with Crippen molar-refractivity contribution in [2.75, 3.05) is 46.7 Å². The van der Waals surface area contributed by atoms with Gasteiger partial charge in [-0.15, -0.1) is 0 Å². The quantitative estimate of drug-likeness (QED) is 0.678. The molecule has 7 heteroatoms. The van der Waals surface area contributed by atoms with Gasteiger partial charge in [-0.1, -0.05) is 23.8 Å². The summed E-state index contributed by atoms with van der Waals surface area (Å²) in [6.07, 6.45) is -0.837. The Morgan fingerprint density at radius 2 is 1.86 bits per heavy atom. The van der Waals surface area contributed by atoms with Crippen molar-refractivity contribution in [1.82, 2.24) is 10.2 Å². The number of anilines is 1. The van der Waals surface area contributed by atoms with Crippen molar-refractivity contribution >= 4 is 17.5 Å². The summed E-state index contributed by atoms with van der Waals surface area (Å²) in [5.41, 5.74) is 2.44. The van der Waals surface area contributed by atoms with Crippen molar-refractivity contribution in [3.05, 3.63) is 59.2 Å². The molecule has 0 spiro atoms. The third-order valence-electron chi connectivity index (χ3n) is 4.39. The van der Waals surface area contributed by atoms with Crippen LogP contribution in [0.25, 0.3) is 0 Å². The number of carbonyl (C=O) groups excluding carboxylic acids is 2. The van der Waals surface area contributed by atoms with Gasteiger partial charge in [0.2, 0.25) is 0 Å². The Bertz CT molecular complexity index is 852. The molecule has 0 radical (unpaired) electrons. The number of rotatable bonds is 9. The molecule has 0 aliphatic rings. The largest absolute Gasteiger partial charge is 0.497 e. The molecule has 0 aromatic heterocycles. The first-order valence-electron chi connectivity index (χ1n) is 9.37. The fourth-order valence-corrected chi connectivity index (χ4v) is 2.84.